The number of hydrogen-bond acceptors (Lipinski definition) is 2. The van der Waals surface area contributed by atoms with Crippen LogP contribution < -0.4 is 0 Å². The zero-order valence-corrected chi connectivity index (χ0v) is 11.3. The van der Waals surface area contributed by atoms with Crippen molar-refractivity contribution in [3.8, 4) is 22.5 Å². The van der Waals surface area contributed by atoms with Gasteiger partial charge < -0.3 is 0 Å². The maximum atomic E-state index is 4.47. The predicted molar refractivity (Wildman–Crippen MR) is 83.9 cm³/mol. The fraction of sp³-hybridized carbons (Fsp3) is 0. The highest BCUT2D eigenvalue weighted by molar-refractivity contribution is 5.69. The minimum atomic E-state index is 0.950. The van der Waals surface area contributed by atoms with Gasteiger partial charge >= 0.3 is 0 Å². The van der Waals surface area contributed by atoms with Crippen LogP contribution in [0.1, 0.15) is 0 Å². The summed E-state index contributed by atoms with van der Waals surface area (Å²) < 4.78 is 2.09. The average Bonchev–Trinajstić information content (AvgIpc) is 3.00. The molecule has 0 saturated heterocycles. The summed E-state index contributed by atoms with van der Waals surface area (Å²) in [6, 6.07) is 20.3. The van der Waals surface area contributed by atoms with Gasteiger partial charge in [-0.3, -0.25) is 9.38 Å². The maximum Gasteiger partial charge on any atom is 0.137 e. The van der Waals surface area contributed by atoms with Gasteiger partial charge in [0.1, 0.15) is 5.65 Å². The molecule has 0 aliphatic carbocycles. The number of aromatic nitrogens is 3. The zero-order chi connectivity index (χ0) is 14.1. The molecule has 0 aliphatic heterocycles. The van der Waals surface area contributed by atoms with Crippen LogP contribution in [-0.2, 0) is 0 Å². The Kier molecular flexibility index (Phi) is 2.75. The summed E-state index contributed by atoms with van der Waals surface area (Å²) in [4.78, 5) is 8.91. The molecule has 0 aliphatic rings. The van der Waals surface area contributed by atoms with E-state index < -0.39 is 0 Å². The molecule has 0 fully saturated rings. The second kappa shape index (κ2) is 4.87. The number of imidazole rings is 1. The van der Waals surface area contributed by atoms with Crippen LogP contribution in [0.5, 0.6) is 0 Å². The van der Waals surface area contributed by atoms with Crippen molar-refractivity contribution >= 4 is 5.65 Å². The largest absolute Gasteiger partial charge is 0.300 e. The molecule has 4 rings (SSSR count). The molecule has 4 aromatic rings. The Hall–Kier alpha value is -2.94. The Bertz CT molecular complexity index is 894. The minimum Gasteiger partial charge on any atom is -0.300 e. The fourth-order valence-corrected chi connectivity index (χ4v) is 2.50. The number of rotatable bonds is 2. The maximum absolute atomic E-state index is 4.47. The van der Waals surface area contributed by atoms with E-state index in [0.717, 1.165) is 28.2 Å². The van der Waals surface area contributed by atoms with E-state index in [4.69, 9.17) is 0 Å². The highest BCUT2D eigenvalue weighted by Crippen LogP contribution is 2.25. The van der Waals surface area contributed by atoms with Crippen molar-refractivity contribution < 1.29 is 0 Å². The van der Waals surface area contributed by atoms with Gasteiger partial charge in [0.05, 0.1) is 17.6 Å². The van der Waals surface area contributed by atoms with Crippen LogP contribution in [0.3, 0.4) is 0 Å². The van der Waals surface area contributed by atoms with Crippen LogP contribution in [0.15, 0.2) is 79.3 Å². The van der Waals surface area contributed by atoms with Crippen LogP contribution in [0, 0.1) is 0 Å². The van der Waals surface area contributed by atoms with Gasteiger partial charge in [-0.1, -0.05) is 36.4 Å². The Labute approximate surface area is 122 Å². The third-order valence-electron chi connectivity index (χ3n) is 3.54. The lowest BCUT2D eigenvalue weighted by molar-refractivity contribution is 1.19. The molecule has 0 radical (unpaired) electrons. The molecule has 100 valence electrons. The lowest BCUT2D eigenvalue weighted by atomic mass is 10.1. The van der Waals surface area contributed by atoms with E-state index in [-0.39, 0.29) is 0 Å². The van der Waals surface area contributed by atoms with Crippen molar-refractivity contribution in [1.29, 1.82) is 0 Å². The SMILES string of the molecule is c1ccc(-c2cc(-c3cnc4ccccn34)ccn2)cc1. The van der Waals surface area contributed by atoms with Gasteiger partial charge in [0.15, 0.2) is 0 Å². The molecule has 0 spiro atoms. The van der Waals surface area contributed by atoms with Gasteiger partial charge in [0.25, 0.3) is 0 Å². The van der Waals surface area contributed by atoms with Crippen LogP contribution in [0.2, 0.25) is 0 Å². The van der Waals surface area contributed by atoms with Crippen molar-refractivity contribution in [2.24, 2.45) is 0 Å². The molecule has 1 aromatic carbocycles. The van der Waals surface area contributed by atoms with Crippen LogP contribution >= 0.6 is 0 Å². The molecule has 0 N–H and O–H groups in total. The summed E-state index contributed by atoms with van der Waals surface area (Å²) in [6.45, 7) is 0. The van der Waals surface area contributed by atoms with Crippen molar-refractivity contribution in [3.05, 3.63) is 79.3 Å². The molecule has 0 atom stereocenters. The predicted octanol–water partition coefficient (Wildman–Crippen LogP) is 4.06. The summed E-state index contributed by atoms with van der Waals surface area (Å²) in [7, 11) is 0. The molecular formula is C18H13N3. The summed E-state index contributed by atoms with van der Waals surface area (Å²) >= 11 is 0. The van der Waals surface area contributed by atoms with Gasteiger partial charge in [-0.2, -0.15) is 0 Å². The molecule has 3 heterocycles. The van der Waals surface area contributed by atoms with Crippen molar-refractivity contribution in [2.45, 2.75) is 0 Å². The Morgan fingerprint density at radius 3 is 2.52 bits per heavy atom. The Balaban J connectivity index is 1.87. The monoisotopic (exact) mass is 271 g/mol. The van der Waals surface area contributed by atoms with E-state index in [1.54, 1.807) is 0 Å². The molecule has 0 amide bonds. The molecular weight excluding hydrogens is 258 g/mol. The first-order valence-corrected chi connectivity index (χ1v) is 6.86. The van der Waals surface area contributed by atoms with Crippen LogP contribution in [-0.4, -0.2) is 14.4 Å². The average molecular weight is 271 g/mol. The zero-order valence-electron chi connectivity index (χ0n) is 11.3. The molecule has 3 aromatic heterocycles. The van der Waals surface area contributed by atoms with Gasteiger partial charge in [-0.15, -0.1) is 0 Å². The van der Waals surface area contributed by atoms with E-state index in [1.807, 2.05) is 61.1 Å². The molecule has 0 unspecified atom stereocenters. The molecule has 3 nitrogen and oxygen atoms in total. The van der Waals surface area contributed by atoms with E-state index in [1.165, 1.54) is 0 Å². The molecule has 0 bridgehead atoms. The van der Waals surface area contributed by atoms with E-state index in [2.05, 4.69) is 32.6 Å². The Morgan fingerprint density at radius 1 is 0.762 bits per heavy atom. The second-order valence-corrected chi connectivity index (χ2v) is 4.87. The van der Waals surface area contributed by atoms with E-state index in [0.29, 0.717) is 0 Å². The first-order chi connectivity index (χ1) is 10.4. The number of hydrogen-bond donors (Lipinski definition) is 0. The van der Waals surface area contributed by atoms with Crippen molar-refractivity contribution in [1.82, 2.24) is 14.4 Å². The van der Waals surface area contributed by atoms with Gasteiger partial charge in [0, 0.05) is 23.5 Å². The smallest absolute Gasteiger partial charge is 0.137 e. The summed E-state index contributed by atoms with van der Waals surface area (Å²) in [5, 5.41) is 0. The second-order valence-electron chi connectivity index (χ2n) is 4.87. The van der Waals surface area contributed by atoms with Gasteiger partial charge in [0.2, 0.25) is 0 Å². The highest BCUT2D eigenvalue weighted by Gasteiger charge is 2.07. The number of fused-ring (bicyclic) bond motifs is 1. The summed E-state index contributed by atoms with van der Waals surface area (Å²) in [5.74, 6) is 0. The van der Waals surface area contributed by atoms with Gasteiger partial charge in [-0.05, 0) is 24.3 Å². The third kappa shape index (κ3) is 2.09. The summed E-state index contributed by atoms with van der Waals surface area (Å²) in [5.41, 5.74) is 5.23. The minimum absolute atomic E-state index is 0.950. The highest BCUT2D eigenvalue weighted by atomic mass is 15.0. The third-order valence-corrected chi connectivity index (χ3v) is 3.54. The van der Waals surface area contributed by atoms with E-state index >= 15 is 0 Å². The topological polar surface area (TPSA) is 30.2 Å². The van der Waals surface area contributed by atoms with Gasteiger partial charge in [-0.25, -0.2) is 4.98 Å². The quantitative estimate of drug-likeness (QED) is 0.550. The normalized spacial score (nSPS) is 10.9. The van der Waals surface area contributed by atoms with Crippen LogP contribution in [0.4, 0.5) is 0 Å². The fourth-order valence-electron chi connectivity index (χ4n) is 2.50. The first kappa shape index (κ1) is 11.9. The lowest BCUT2D eigenvalue weighted by Gasteiger charge is -2.05. The first-order valence-electron chi connectivity index (χ1n) is 6.86. The van der Waals surface area contributed by atoms with Crippen molar-refractivity contribution in [3.63, 3.8) is 0 Å². The number of nitrogens with zero attached hydrogens (tertiary/aromatic N) is 3. The lowest BCUT2D eigenvalue weighted by Crippen LogP contribution is -1.89. The standard InChI is InChI=1S/C18H13N3/c1-2-6-14(7-3-1)16-12-15(9-10-19-16)17-13-20-18-8-4-5-11-21(17)18/h1-13H. The number of benzene rings is 1. The molecule has 0 saturated carbocycles. The molecule has 3 heteroatoms. The number of pyridine rings is 2. The van der Waals surface area contributed by atoms with Crippen molar-refractivity contribution in [2.75, 3.05) is 0 Å². The molecule has 21 heavy (non-hydrogen) atoms. The van der Waals surface area contributed by atoms with Crippen LogP contribution in [0.25, 0.3) is 28.2 Å². The summed E-state index contributed by atoms with van der Waals surface area (Å²) in [6.07, 6.45) is 5.78. The Morgan fingerprint density at radius 2 is 1.62 bits per heavy atom. The van der Waals surface area contributed by atoms with E-state index in [9.17, 15) is 0 Å².